The monoisotopic (exact) mass is 444 g/mol. The van der Waals surface area contributed by atoms with Gasteiger partial charge in [0, 0.05) is 62.0 Å². The first-order valence-corrected chi connectivity index (χ1v) is 11.7. The van der Waals surface area contributed by atoms with Crippen molar-refractivity contribution in [1.29, 1.82) is 0 Å². The predicted molar refractivity (Wildman–Crippen MR) is 124 cm³/mol. The second-order valence-corrected chi connectivity index (χ2v) is 8.97. The van der Waals surface area contributed by atoms with Crippen molar-refractivity contribution >= 4 is 46.7 Å². The smallest absolute Gasteiger partial charge is 0.321 e. The average molecular weight is 445 g/mol. The summed E-state index contributed by atoms with van der Waals surface area (Å²) >= 11 is 8.44. The van der Waals surface area contributed by atoms with Crippen molar-refractivity contribution < 1.29 is 9.59 Å². The van der Waals surface area contributed by atoms with Crippen LogP contribution in [0.4, 0.5) is 16.2 Å². The molecule has 4 rings (SSSR count). The Balaban J connectivity index is 1.31. The van der Waals surface area contributed by atoms with Crippen LogP contribution in [0.3, 0.4) is 0 Å². The first kappa shape index (κ1) is 20.9. The minimum atomic E-state index is -0.167. The van der Waals surface area contributed by atoms with E-state index in [9.17, 15) is 9.59 Å². The van der Waals surface area contributed by atoms with Crippen molar-refractivity contribution in [2.75, 3.05) is 61.0 Å². The summed E-state index contributed by atoms with van der Waals surface area (Å²) in [6, 6.07) is 14.8. The molecule has 2 aromatic carbocycles. The standard InChI is InChI=1S/C22H25ClN4O2S/c23-19-16-18(6-7-20(19)25-12-14-30-15-13-25)24-22(29)27-10-8-26(9-11-27)21(28)17-4-2-1-3-5-17/h1-7,16H,8-15H2,(H,24,29). The zero-order chi connectivity index (χ0) is 20.9. The van der Waals surface area contributed by atoms with E-state index in [-0.39, 0.29) is 11.9 Å². The van der Waals surface area contributed by atoms with E-state index >= 15 is 0 Å². The van der Waals surface area contributed by atoms with Crippen LogP contribution in [0.5, 0.6) is 0 Å². The fourth-order valence-electron chi connectivity index (χ4n) is 3.72. The molecule has 2 aliphatic rings. The lowest BCUT2D eigenvalue weighted by atomic mass is 10.2. The Morgan fingerprint density at radius 2 is 1.53 bits per heavy atom. The van der Waals surface area contributed by atoms with Gasteiger partial charge in [-0.3, -0.25) is 4.79 Å². The van der Waals surface area contributed by atoms with Gasteiger partial charge in [0.1, 0.15) is 0 Å². The molecule has 2 aliphatic heterocycles. The number of urea groups is 1. The van der Waals surface area contributed by atoms with Crippen LogP contribution in [0, 0.1) is 0 Å². The fraction of sp³-hybridized carbons (Fsp3) is 0.364. The molecular formula is C22H25ClN4O2S. The Morgan fingerprint density at radius 3 is 2.20 bits per heavy atom. The molecule has 158 valence electrons. The molecule has 0 spiro atoms. The molecule has 2 saturated heterocycles. The van der Waals surface area contributed by atoms with Crippen LogP contribution in [0.2, 0.25) is 5.02 Å². The van der Waals surface area contributed by atoms with E-state index in [0.29, 0.717) is 42.5 Å². The van der Waals surface area contributed by atoms with Gasteiger partial charge >= 0.3 is 6.03 Å². The lowest BCUT2D eigenvalue weighted by molar-refractivity contribution is 0.0671. The SMILES string of the molecule is O=C(Nc1ccc(N2CCSCC2)c(Cl)c1)N1CCN(C(=O)c2ccccc2)CC1. The summed E-state index contributed by atoms with van der Waals surface area (Å²) in [5.74, 6) is 2.22. The van der Waals surface area contributed by atoms with Gasteiger partial charge in [-0.05, 0) is 30.3 Å². The van der Waals surface area contributed by atoms with Gasteiger partial charge in [0.2, 0.25) is 0 Å². The third kappa shape index (κ3) is 4.84. The first-order chi connectivity index (χ1) is 14.6. The Hall–Kier alpha value is -2.38. The van der Waals surface area contributed by atoms with E-state index in [2.05, 4.69) is 10.2 Å². The second-order valence-electron chi connectivity index (χ2n) is 7.34. The molecule has 6 nitrogen and oxygen atoms in total. The lowest BCUT2D eigenvalue weighted by Crippen LogP contribution is -2.51. The number of hydrogen-bond donors (Lipinski definition) is 1. The summed E-state index contributed by atoms with van der Waals surface area (Å²) in [7, 11) is 0. The van der Waals surface area contributed by atoms with Gasteiger partial charge in [0.05, 0.1) is 10.7 Å². The predicted octanol–water partition coefficient (Wildman–Crippen LogP) is 3.88. The summed E-state index contributed by atoms with van der Waals surface area (Å²) in [5, 5.41) is 3.59. The van der Waals surface area contributed by atoms with Gasteiger partial charge in [-0.25, -0.2) is 4.79 Å². The Labute approximate surface area is 186 Å². The number of rotatable bonds is 3. The number of carbonyl (C=O) groups excluding carboxylic acids is 2. The molecule has 8 heteroatoms. The highest BCUT2D eigenvalue weighted by molar-refractivity contribution is 7.99. The van der Waals surface area contributed by atoms with E-state index in [1.165, 1.54) is 0 Å². The van der Waals surface area contributed by atoms with Crippen molar-refractivity contribution in [2.24, 2.45) is 0 Å². The van der Waals surface area contributed by atoms with Crippen molar-refractivity contribution in [3.8, 4) is 0 Å². The van der Waals surface area contributed by atoms with E-state index in [0.717, 1.165) is 30.3 Å². The van der Waals surface area contributed by atoms with Crippen LogP contribution in [-0.2, 0) is 0 Å². The molecule has 2 heterocycles. The van der Waals surface area contributed by atoms with Crippen LogP contribution in [0.15, 0.2) is 48.5 Å². The van der Waals surface area contributed by atoms with Gasteiger partial charge < -0.3 is 20.0 Å². The van der Waals surface area contributed by atoms with Crippen LogP contribution in [0.1, 0.15) is 10.4 Å². The molecular weight excluding hydrogens is 420 g/mol. The third-order valence-corrected chi connectivity index (χ3v) is 6.67. The largest absolute Gasteiger partial charge is 0.369 e. The number of amides is 3. The molecule has 0 unspecified atom stereocenters. The van der Waals surface area contributed by atoms with Crippen molar-refractivity contribution in [2.45, 2.75) is 0 Å². The quantitative estimate of drug-likeness (QED) is 0.780. The highest BCUT2D eigenvalue weighted by Gasteiger charge is 2.25. The normalized spacial score (nSPS) is 17.0. The minimum Gasteiger partial charge on any atom is -0.369 e. The second kappa shape index (κ2) is 9.62. The number of thioether (sulfide) groups is 1. The maximum Gasteiger partial charge on any atom is 0.321 e. The number of carbonyl (C=O) groups is 2. The van der Waals surface area contributed by atoms with Gasteiger partial charge in [-0.15, -0.1) is 0 Å². The summed E-state index contributed by atoms with van der Waals surface area (Å²) in [6.45, 7) is 4.02. The third-order valence-electron chi connectivity index (χ3n) is 5.43. The number of nitrogens with zero attached hydrogens (tertiary/aromatic N) is 3. The Kier molecular flexibility index (Phi) is 6.69. The molecule has 0 aromatic heterocycles. The molecule has 30 heavy (non-hydrogen) atoms. The average Bonchev–Trinajstić information content (AvgIpc) is 2.80. The highest BCUT2D eigenvalue weighted by Crippen LogP contribution is 2.30. The number of piperazine rings is 1. The van der Waals surface area contributed by atoms with Crippen LogP contribution in [0.25, 0.3) is 0 Å². The maximum absolute atomic E-state index is 12.7. The molecule has 2 fully saturated rings. The van der Waals surface area contributed by atoms with Gasteiger partial charge in [-0.2, -0.15) is 11.8 Å². The lowest BCUT2D eigenvalue weighted by Gasteiger charge is -2.34. The summed E-state index contributed by atoms with van der Waals surface area (Å²) in [6.07, 6.45) is 0. The van der Waals surface area contributed by atoms with E-state index in [4.69, 9.17) is 11.6 Å². The molecule has 0 bridgehead atoms. The molecule has 3 amide bonds. The molecule has 0 atom stereocenters. The number of halogens is 1. The Bertz CT molecular complexity index is 897. The molecule has 0 aliphatic carbocycles. The zero-order valence-corrected chi connectivity index (χ0v) is 18.3. The molecule has 1 N–H and O–H groups in total. The van der Waals surface area contributed by atoms with Gasteiger partial charge in [-0.1, -0.05) is 29.8 Å². The van der Waals surface area contributed by atoms with Crippen molar-refractivity contribution in [3.63, 3.8) is 0 Å². The number of nitrogens with one attached hydrogen (secondary N) is 1. The molecule has 0 radical (unpaired) electrons. The Morgan fingerprint density at radius 1 is 0.867 bits per heavy atom. The molecule has 2 aromatic rings. The first-order valence-electron chi connectivity index (χ1n) is 10.1. The number of benzene rings is 2. The zero-order valence-electron chi connectivity index (χ0n) is 16.7. The van der Waals surface area contributed by atoms with Crippen LogP contribution >= 0.6 is 23.4 Å². The topological polar surface area (TPSA) is 55.9 Å². The van der Waals surface area contributed by atoms with Crippen molar-refractivity contribution in [3.05, 3.63) is 59.1 Å². The van der Waals surface area contributed by atoms with Crippen LogP contribution in [-0.4, -0.2) is 72.5 Å². The van der Waals surface area contributed by atoms with Gasteiger partial charge in [0.25, 0.3) is 5.91 Å². The number of anilines is 2. The molecule has 0 saturated carbocycles. The summed E-state index contributed by atoms with van der Waals surface area (Å²) < 4.78 is 0. The van der Waals surface area contributed by atoms with E-state index in [1.807, 2.05) is 60.3 Å². The summed E-state index contributed by atoms with van der Waals surface area (Å²) in [4.78, 5) is 31.0. The number of hydrogen-bond acceptors (Lipinski definition) is 4. The van der Waals surface area contributed by atoms with Crippen molar-refractivity contribution in [1.82, 2.24) is 9.80 Å². The van der Waals surface area contributed by atoms with Gasteiger partial charge in [0.15, 0.2) is 0 Å². The highest BCUT2D eigenvalue weighted by atomic mass is 35.5. The van der Waals surface area contributed by atoms with E-state index < -0.39 is 0 Å². The van der Waals surface area contributed by atoms with Crippen LogP contribution < -0.4 is 10.2 Å². The maximum atomic E-state index is 12.7. The van der Waals surface area contributed by atoms with E-state index in [1.54, 1.807) is 9.80 Å². The minimum absolute atomic E-state index is 0.00846. The summed E-state index contributed by atoms with van der Waals surface area (Å²) in [5.41, 5.74) is 2.38. The fourth-order valence-corrected chi connectivity index (χ4v) is 4.93.